The standard InChI is InChI=1S/C30H42N4O10/c1-7-24(35)31-12-14-34-22-16-21(18(2)15-23(22)44-30(4,5)28(34)40)27(39)32(6)20-9-8-13-33(17-20)29(41)43-19(3)42-26(38)11-10-25(36)37/h15-16,19-20H,7-14,17H2,1-6H3,(H,31,35)(H,36,37)/t19?,20-/m1/s1. The van der Waals surface area contributed by atoms with Crippen molar-refractivity contribution in [1.29, 1.82) is 0 Å². The van der Waals surface area contributed by atoms with Crippen LogP contribution in [0.1, 0.15) is 75.7 Å². The first kappa shape index (κ1) is 34.1. The molecular formula is C30H42N4O10. The van der Waals surface area contributed by atoms with Crippen LogP contribution in [0.2, 0.25) is 0 Å². The molecule has 0 spiro atoms. The molecule has 0 aliphatic carbocycles. The van der Waals surface area contributed by atoms with Crippen LogP contribution < -0.4 is 15.0 Å². The number of benzene rings is 1. The summed E-state index contributed by atoms with van der Waals surface area (Å²) in [5.41, 5.74) is 0.315. The van der Waals surface area contributed by atoms with Crippen molar-refractivity contribution < 1.29 is 48.1 Å². The van der Waals surface area contributed by atoms with Crippen LogP contribution in [0.25, 0.3) is 0 Å². The monoisotopic (exact) mass is 618 g/mol. The summed E-state index contributed by atoms with van der Waals surface area (Å²) >= 11 is 0. The zero-order valence-electron chi connectivity index (χ0n) is 26.1. The Labute approximate surface area is 256 Å². The van der Waals surface area contributed by atoms with E-state index in [1.165, 1.54) is 16.7 Å². The number of carboxylic acid groups (broad SMARTS) is 1. The summed E-state index contributed by atoms with van der Waals surface area (Å²) in [5, 5.41) is 11.5. The SMILES string of the molecule is CCC(=O)NCCN1C(=O)C(C)(C)Oc2cc(C)c(C(=O)N(C)[C@@H]3CCCN(C(=O)OC(C)OC(=O)CCC(=O)O)C3)cc21. The molecule has 44 heavy (non-hydrogen) atoms. The number of ether oxygens (including phenoxy) is 3. The molecule has 0 radical (unpaired) electrons. The lowest BCUT2D eigenvalue weighted by Gasteiger charge is -2.40. The summed E-state index contributed by atoms with van der Waals surface area (Å²) < 4.78 is 16.2. The van der Waals surface area contributed by atoms with E-state index in [1.807, 2.05) is 0 Å². The summed E-state index contributed by atoms with van der Waals surface area (Å²) in [6.45, 7) is 9.22. The molecule has 242 valence electrons. The van der Waals surface area contributed by atoms with Crippen LogP contribution in [0, 0.1) is 6.92 Å². The molecule has 1 aromatic rings. The number of likely N-dealkylation sites (tertiary alicyclic amines) is 1. The quantitative estimate of drug-likeness (QED) is 0.277. The second-order valence-electron chi connectivity index (χ2n) is 11.4. The van der Waals surface area contributed by atoms with Gasteiger partial charge in [0.15, 0.2) is 5.60 Å². The summed E-state index contributed by atoms with van der Waals surface area (Å²) in [7, 11) is 1.65. The number of likely N-dealkylation sites (N-methyl/N-ethyl adjacent to an activating group) is 1. The number of fused-ring (bicyclic) bond motifs is 1. The van der Waals surface area contributed by atoms with E-state index in [2.05, 4.69) is 5.32 Å². The van der Waals surface area contributed by atoms with Crippen molar-refractivity contribution in [2.75, 3.05) is 38.1 Å². The van der Waals surface area contributed by atoms with Crippen LogP contribution in [0.5, 0.6) is 5.75 Å². The van der Waals surface area contributed by atoms with E-state index in [-0.39, 0.29) is 49.8 Å². The van der Waals surface area contributed by atoms with E-state index in [0.29, 0.717) is 48.4 Å². The van der Waals surface area contributed by atoms with Crippen LogP contribution in [0.4, 0.5) is 10.5 Å². The number of carboxylic acids is 1. The van der Waals surface area contributed by atoms with Crippen molar-refractivity contribution in [1.82, 2.24) is 15.1 Å². The highest BCUT2D eigenvalue weighted by molar-refractivity contribution is 6.05. The number of piperidine rings is 1. The number of anilines is 1. The third-order valence-corrected chi connectivity index (χ3v) is 7.56. The van der Waals surface area contributed by atoms with Crippen LogP contribution in [0.3, 0.4) is 0 Å². The molecule has 1 fully saturated rings. The number of aliphatic carboxylic acids is 1. The molecule has 2 aliphatic heterocycles. The summed E-state index contributed by atoms with van der Waals surface area (Å²) in [4.78, 5) is 78.5. The third-order valence-electron chi connectivity index (χ3n) is 7.56. The molecule has 1 unspecified atom stereocenters. The summed E-state index contributed by atoms with van der Waals surface area (Å²) in [5.74, 6) is -2.22. The van der Waals surface area contributed by atoms with Crippen LogP contribution in [0.15, 0.2) is 12.1 Å². The number of hydrogen-bond donors (Lipinski definition) is 2. The fourth-order valence-electron chi connectivity index (χ4n) is 5.09. The zero-order valence-corrected chi connectivity index (χ0v) is 26.1. The molecule has 14 heteroatoms. The Bertz CT molecular complexity index is 1300. The second kappa shape index (κ2) is 14.4. The summed E-state index contributed by atoms with van der Waals surface area (Å²) in [6, 6.07) is 3.02. The average molecular weight is 619 g/mol. The fraction of sp³-hybridized carbons (Fsp3) is 0.600. The van der Waals surface area contributed by atoms with Gasteiger partial charge in [-0.05, 0) is 51.3 Å². The number of nitrogens with zero attached hydrogens (tertiary/aromatic N) is 3. The minimum atomic E-state index is -1.21. The Kier molecular flexibility index (Phi) is 11.2. The largest absolute Gasteiger partial charge is 0.481 e. The van der Waals surface area contributed by atoms with Gasteiger partial charge < -0.3 is 39.3 Å². The number of aryl methyl sites for hydroxylation is 1. The number of carbonyl (C=O) groups is 6. The van der Waals surface area contributed by atoms with Gasteiger partial charge in [0.05, 0.1) is 18.5 Å². The number of amides is 4. The maximum absolute atomic E-state index is 13.8. The molecule has 2 aliphatic rings. The van der Waals surface area contributed by atoms with Crippen molar-refractivity contribution >= 4 is 41.4 Å². The minimum Gasteiger partial charge on any atom is -0.481 e. The maximum atomic E-state index is 13.8. The van der Waals surface area contributed by atoms with E-state index in [9.17, 15) is 28.8 Å². The number of rotatable bonds is 11. The van der Waals surface area contributed by atoms with Crippen LogP contribution >= 0.6 is 0 Å². The van der Waals surface area contributed by atoms with Crippen LogP contribution in [-0.4, -0.2) is 102 Å². The molecule has 0 saturated carbocycles. The molecule has 0 bridgehead atoms. The average Bonchev–Trinajstić information content (AvgIpc) is 2.96. The predicted molar refractivity (Wildman–Crippen MR) is 157 cm³/mol. The topological polar surface area (TPSA) is 172 Å². The Morgan fingerprint density at radius 1 is 1.18 bits per heavy atom. The first-order valence-electron chi connectivity index (χ1n) is 14.7. The Balaban J connectivity index is 1.72. The zero-order chi connectivity index (χ0) is 32.8. The van der Waals surface area contributed by atoms with Crippen LogP contribution in [-0.2, 0) is 28.7 Å². The van der Waals surface area contributed by atoms with E-state index >= 15 is 0 Å². The van der Waals surface area contributed by atoms with E-state index in [0.717, 1.165) is 0 Å². The molecule has 1 aromatic carbocycles. The lowest BCUT2D eigenvalue weighted by atomic mass is 9.98. The van der Waals surface area contributed by atoms with Gasteiger partial charge in [0, 0.05) is 58.2 Å². The normalized spacial score (nSPS) is 18.0. The highest BCUT2D eigenvalue weighted by Crippen LogP contribution is 2.40. The molecule has 0 aromatic heterocycles. The number of hydrogen-bond acceptors (Lipinski definition) is 9. The maximum Gasteiger partial charge on any atom is 0.412 e. The second-order valence-corrected chi connectivity index (χ2v) is 11.4. The molecular weight excluding hydrogens is 576 g/mol. The highest BCUT2D eigenvalue weighted by atomic mass is 16.7. The smallest absolute Gasteiger partial charge is 0.412 e. The van der Waals surface area contributed by atoms with E-state index < -0.39 is 36.3 Å². The molecule has 4 amide bonds. The third kappa shape index (κ3) is 8.38. The molecule has 3 rings (SSSR count). The van der Waals surface area contributed by atoms with E-state index in [4.69, 9.17) is 19.3 Å². The molecule has 2 N–H and O–H groups in total. The van der Waals surface area contributed by atoms with Gasteiger partial charge in [-0.3, -0.25) is 24.0 Å². The van der Waals surface area contributed by atoms with Crippen molar-refractivity contribution in [3.05, 3.63) is 23.3 Å². The lowest BCUT2D eigenvalue weighted by Crippen LogP contribution is -2.54. The predicted octanol–water partition coefficient (Wildman–Crippen LogP) is 2.45. The molecule has 2 heterocycles. The van der Waals surface area contributed by atoms with Gasteiger partial charge in [-0.25, -0.2) is 4.79 Å². The fourth-order valence-corrected chi connectivity index (χ4v) is 5.09. The Hall–Kier alpha value is -4.36. The van der Waals surface area contributed by atoms with Gasteiger partial charge in [-0.2, -0.15) is 0 Å². The van der Waals surface area contributed by atoms with Crippen molar-refractivity contribution in [2.24, 2.45) is 0 Å². The highest BCUT2D eigenvalue weighted by Gasteiger charge is 2.41. The van der Waals surface area contributed by atoms with Gasteiger partial charge in [-0.15, -0.1) is 0 Å². The Morgan fingerprint density at radius 3 is 2.55 bits per heavy atom. The van der Waals surface area contributed by atoms with Gasteiger partial charge in [0.25, 0.3) is 11.8 Å². The number of esters is 1. The first-order valence-corrected chi connectivity index (χ1v) is 14.7. The van der Waals surface area contributed by atoms with Gasteiger partial charge in [0.1, 0.15) is 5.75 Å². The number of nitrogens with one attached hydrogen (secondary N) is 1. The molecule has 14 nitrogen and oxygen atoms in total. The minimum absolute atomic E-state index is 0.136. The Morgan fingerprint density at radius 2 is 1.89 bits per heavy atom. The van der Waals surface area contributed by atoms with Crippen molar-refractivity contribution in [3.8, 4) is 5.75 Å². The summed E-state index contributed by atoms with van der Waals surface area (Å²) in [6.07, 6.45) is -1.12. The van der Waals surface area contributed by atoms with E-state index in [1.54, 1.807) is 51.8 Å². The molecule has 1 saturated heterocycles. The molecule has 2 atom stereocenters. The lowest BCUT2D eigenvalue weighted by molar-refractivity contribution is -0.167. The van der Waals surface area contributed by atoms with Crippen molar-refractivity contribution in [2.45, 2.75) is 84.7 Å². The number of carbonyl (C=O) groups excluding carboxylic acids is 5. The first-order chi connectivity index (χ1) is 20.6. The van der Waals surface area contributed by atoms with Gasteiger partial charge in [-0.1, -0.05) is 6.92 Å². The van der Waals surface area contributed by atoms with Gasteiger partial charge in [0.2, 0.25) is 12.2 Å². The van der Waals surface area contributed by atoms with Gasteiger partial charge >= 0.3 is 18.0 Å². The van der Waals surface area contributed by atoms with Crippen molar-refractivity contribution in [3.63, 3.8) is 0 Å².